The summed E-state index contributed by atoms with van der Waals surface area (Å²) < 4.78 is 39.6. The predicted octanol–water partition coefficient (Wildman–Crippen LogP) is 5.29. The third-order valence-corrected chi connectivity index (χ3v) is 4.88. The number of hydrogen-bond donors (Lipinski definition) is 0. The van der Waals surface area contributed by atoms with Crippen molar-refractivity contribution in [1.29, 1.82) is 0 Å². The zero-order chi connectivity index (χ0) is 18.2. The Labute approximate surface area is 146 Å². The molecule has 0 fully saturated rings. The fourth-order valence-electron chi connectivity index (χ4n) is 2.54. The topological polar surface area (TPSA) is 33.2 Å². The maximum Gasteiger partial charge on any atom is 0.416 e. The van der Waals surface area contributed by atoms with E-state index in [0.29, 0.717) is 11.7 Å². The van der Waals surface area contributed by atoms with Crippen molar-refractivity contribution in [3.05, 3.63) is 59.2 Å². The summed E-state index contributed by atoms with van der Waals surface area (Å²) in [5.74, 6) is -0.495. The summed E-state index contributed by atoms with van der Waals surface area (Å²) in [5.41, 5.74) is 0.947. The minimum atomic E-state index is -4.49. The van der Waals surface area contributed by atoms with Gasteiger partial charge in [0.25, 0.3) is 5.91 Å². The van der Waals surface area contributed by atoms with E-state index in [1.54, 1.807) is 6.92 Å². The number of hydrogen-bond acceptors (Lipinski definition) is 3. The Bertz CT molecular complexity index is 933. The molecule has 25 heavy (non-hydrogen) atoms. The maximum atomic E-state index is 12.9. The molecule has 130 valence electrons. The zero-order valence-corrected chi connectivity index (χ0v) is 14.4. The quantitative estimate of drug-likeness (QED) is 0.633. The molecular formula is C18H15F3N2OS. The molecule has 0 bridgehead atoms. The normalized spacial score (nSPS) is 11.7. The lowest BCUT2D eigenvalue weighted by molar-refractivity contribution is -0.137. The summed E-state index contributed by atoms with van der Waals surface area (Å²) in [6, 6.07) is 10.2. The van der Waals surface area contributed by atoms with Crippen molar-refractivity contribution < 1.29 is 18.0 Å². The SMILES string of the molecule is CCN(C(=O)c1cccc(C(F)(F)F)c1)c1nc2c(C)cccc2s1. The molecule has 0 saturated heterocycles. The van der Waals surface area contributed by atoms with E-state index in [1.807, 2.05) is 25.1 Å². The Morgan fingerprint density at radius 2 is 1.92 bits per heavy atom. The van der Waals surface area contributed by atoms with Gasteiger partial charge in [0.15, 0.2) is 5.13 Å². The van der Waals surface area contributed by atoms with E-state index >= 15 is 0 Å². The van der Waals surface area contributed by atoms with Gasteiger partial charge in [-0.3, -0.25) is 9.69 Å². The van der Waals surface area contributed by atoms with Gasteiger partial charge in [-0.15, -0.1) is 0 Å². The lowest BCUT2D eigenvalue weighted by atomic mass is 10.1. The van der Waals surface area contributed by atoms with Gasteiger partial charge in [0.05, 0.1) is 15.8 Å². The Morgan fingerprint density at radius 3 is 2.56 bits per heavy atom. The van der Waals surface area contributed by atoms with Gasteiger partial charge in [0.2, 0.25) is 0 Å². The van der Waals surface area contributed by atoms with E-state index in [4.69, 9.17) is 0 Å². The van der Waals surface area contributed by atoms with Crippen LogP contribution in [0.25, 0.3) is 10.2 Å². The lowest BCUT2D eigenvalue weighted by Gasteiger charge is -2.18. The van der Waals surface area contributed by atoms with Crippen molar-refractivity contribution in [2.45, 2.75) is 20.0 Å². The molecule has 3 rings (SSSR count). The molecule has 1 heterocycles. The lowest BCUT2D eigenvalue weighted by Crippen LogP contribution is -2.30. The number of nitrogens with zero attached hydrogens (tertiary/aromatic N) is 2. The fraction of sp³-hybridized carbons (Fsp3) is 0.222. The first-order valence-electron chi connectivity index (χ1n) is 7.66. The minimum absolute atomic E-state index is 0.00680. The number of benzene rings is 2. The van der Waals surface area contributed by atoms with Crippen LogP contribution in [0, 0.1) is 6.92 Å². The van der Waals surface area contributed by atoms with Gasteiger partial charge in [-0.1, -0.05) is 29.5 Å². The zero-order valence-electron chi connectivity index (χ0n) is 13.6. The van der Waals surface area contributed by atoms with Crippen LogP contribution >= 0.6 is 11.3 Å². The molecule has 0 atom stereocenters. The van der Waals surface area contributed by atoms with Crippen molar-refractivity contribution in [3.63, 3.8) is 0 Å². The summed E-state index contributed by atoms with van der Waals surface area (Å²) in [7, 11) is 0. The molecule has 0 saturated carbocycles. The van der Waals surface area contributed by atoms with Crippen molar-refractivity contribution in [3.8, 4) is 0 Å². The minimum Gasteiger partial charge on any atom is -0.284 e. The van der Waals surface area contributed by atoms with Crippen LogP contribution in [0.15, 0.2) is 42.5 Å². The number of amides is 1. The van der Waals surface area contributed by atoms with Crippen LogP contribution in [0.5, 0.6) is 0 Å². The molecule has 0 aliphatic carbocycles. The van der Waals surface area contributed by atoms with Crippen LogP contribution < -0.4 is 4.90 Å². The van der Waals surface area contributed by atoms with Gasteiger partial charge in [-0.2, -0.15) is 13.2 Å². The number of thiazole rings is 1. The number of fused-ring (bicyclic) bond motifs is 1. The monoisotopic (exact) mass is 364 g/mol. The highest BCUT2D eigenvalue weighted by atomic mass is 32.1. The molecular weight excluding hydrogens is 349 g/mol. The molecule has 7 heteroatoms. The first-order valence-corrected chi connectivity index (χ1v) is 8.48. The molecule has 0 unspecified atom stereocenters. The molecule has 0 radical (unpaired) electrons. The number of aryl methyl sites for hydroxylation is 1. The number of carbonyl (C=O) groups is 1. The van der Waals surface area contributed by atoms with E-state index in [1.165, 1.54) is 28.4 Å². The molecule has 3 aromatic rings. The summed E-state index contributed by atoms with van der Waals surface area (Å²) in [6.45, 7) is 4.01. The van der Waals surface area contributed by atoms with E-state index in [9.17, 15) is 18.0 Å². The van der Waals surface area contributed by atoms with Gasteiger partial charge in [-0.25, -0.2) is 4.98 Å². The van der Waals surface area contributed by atoms with Gasteiger partial charge >= 0.3 is 6.18 Å². The highest BCUT2D eigenvalue weighted by molar-refractivity contribution is 7.22. The van der Waals surface area contributed by atoms with Crippen LogP contribution in [0.3, 0.4) is 0 Å². The maximum absolute atomic E-state index is 12.9. The van der Waals surface area contributed by atoms with E-state index in [-0.39, 0.29) is 5.56 Å². The third-order valence-electron chi connectivity index (χ3n) is 3.84. The molecule has 0 N–H and O–H groups in total. The Balaban J connectivity index is 2.00. The van der Waals surface area contributed by atoms with Crippen molar-refractivity contribution in [2.24, 2.45) is 0 Å². The van der Waals surface area contributed by atoms with E-state index in [2.05, 4.69) is 4.98 Å². The van der Waals surface area contributed by atoms with Crippen LogP contribution in [0.1, 0.15) is 28.4 Å². The smallest absolute Gasteiger partial charge is 0.284 e. The largest absolute Gasteiger partial charge is 0.416 e. The second-order valence-corrected chi connectivity index (χ2v) is 6.56. The Kier molecular flexibility index (Phi) is 4.51. The number of rotatable bonds is 3. The predicted molar refractivity (Wildman–Crippen MR) is 93.2 cm³/mol. The first-order chi connectivity index (χ1) is 11.8. The van der Waals surface area contributed by atoms with Gasteiger partial charge in [0.1, 0.15) is 0 Å². The number of halogens is 3. The van der Waals surface area contributed by atoms with Crippen molar-refractivity contribution >= 4 is 32.6 Å². The average molecular weight is 364 g/mol. The first kappa shape index (κ1) is 17.4. The number of anilines is 1. The van der Waals surface area contributed by atoms with Crippen LogP contribution in [-0.2, 0) is 6.18 Å². The standard InChI is InChI=1S/C18H15F3N2OS/c1-3-23(17-22-15-11(2)6-4-9-14(15)25-17)16(24)12-7-5-8-13(10-12)18(19,20)21/h4-10H,3H2,1-2H3. The van der Waals surface area contributed by atoms with E-state index < -0.39 is 17.6 Å². The number of alkyl halides is 3. The third kappa shape index (κ3) is 3.37. The van der Waals surface area contributed by atoms with E-state index in [0.717, 1.165) is 27.9 Å². The molecule has 0 aliphatic heterocycles. The second-order valence-electron chi connectivity index (χ2n) is 5.55. The Hall–Kier alpha value is -2.41. The summed E-state index contributed by atoms with van der Waals surface area (Å²) in [4.78, 5) is 18.6. The van der Waals surface area contributed by atoms with Gasteiger partial charge < -0.3 is 0 Å². The molecule has 0 aliphatic rings. The average Bonchev–Trinajstić information content (AvgIpc) is 3.00. The highest BCUT2D eigenvalue weighted by Gasteiger charge is 2.31. The molecule has 3 nitrogen and oxygen atoms in total. The van der Waals surface area contributed by atoms with Gasteiger partial charge in [0, 0.05) is 12.1 Å². The fourth-order valence-corrected chi connectivity index (χ4v) is 3.65. The molecule has 2 aromatic carbocycles. The summed E-state index contributed by atoms with van der Waals surface area (Å²) in [5, 5.41) is 0.481. The Morgan fingerprint density at radius 1 is 1.20 bits per heavy atom. The van der Waals surface area contributed by atoms with Crippen LogP contribution in [0.4, 0.5) is 18.3 Å². The number of aromatic nitrogens is 1. The summed E-state index contributed by atoms with van der Waals surface area (Å²) in [6.07, 6.45) is -4.49. The van der Waals surface area contributed by atoms with Crippen molar-refractivity contribution in [1.82, 2.24) is 4.98 Å². The number of para-hydroxylation sites is 1. The highest BCUT2D eigenvalue weighted by Crippen LogP contribution is 2.33. The molecule has 1 aromatic heterocycles. The molecule has 1 amide bonds. The molecule has 0 spiro atoms. The second kappa shape index (κ2) is 6.48. The van der Waals surface area contributed by atoms with Crippen molar-refractivity contribution in [2.75, 3.05) is 11.4 Å². The van der Waals surface area contributed by atoms with Crippen LogP contribution in [0.2, 0.25) is 0 Å². The van der Waals surface area contributed by atoms with Crippen LogP contribution in [-0.4, -0.2) is 17.4 Å². The summed E-state index contributed by atoms with van der Waals surface area (Å²) >= 11 is 1.35. The number of carbonyl (C=O) groups excluding carboxylic acids is 1. The van der Waals surface area contributed by atoms with Gasteiger partial charge in [-0.05, 0) is 43.7 Å².